The molecule has 0 saturated heterocycles. The lowest BCUT2D eigenvalue weighted by atomic mass is 9.68. The molecule has 1 heteroatoms. The van der Waals surface area contributed by atoms with Crippen molar-refractivity contribution < 1.29 is 0 Å². The first-order chi connectivity index (χ1) is 31.7. The molecule has 0 atom stereocenters. The average molecular weight is 814 g/mol. The lowest BCUT2D eigenvalue weighted by Crippen LogP contribution is -2.28. The molecule has 0 radical (unpaired) electrons. The van der Waals surface area contributed by atoms with Crippen molar-refractivity contribution in [2.75, 3.05) is 4.90 Å². The fourth-order valence-corrected chi connectivity index (χ4v) is 10.3. The summed E-state index contributed by atoms with van der Waals surface area (Å²) in [6.07, 6.45) is 0. The number of hydrogen-bond donors (Lipinski definition) is 0. The number of fused-ring (bicyclic) bond motifs is 5. The van der Waals surface area contributed by atoms with Crippen molar-refractivity contribution in [2.24, 2.45) is 0 Å². The molecular weight excluding hydrogens is 771 g/mol. The first kappa shape index (κ1) is 37.5. The van der Waals surface area contributed by atoms with Crippen LogP contribution in [0, 0.1) is 0 Å². The summed E-state index contributed by atoms with van der Waals surface area (Å²) < 4.78 is 0. The molecule has 0 aromatic heterocycles. The Hall–Kier alpha value is -8.26. The van der Waals surface area contributed by atoms with E-state index < -0.39 is 5.41 Å². The number of benzene rings is 11. The predicted octanol–water partition coefficient (Wildman–Crippen LogP) is 16.8. The maximum Gasteiger partial charge on any atom is 0.0714 e. The van der Waals surface area contributed by atoms with E-state index in [1.54, 1.807) is 0 Å². The summed E-state index contributed by atoms with van der Waals surface area (Å²) in [4.78, 5) is 2.46. The lowest BCUT2D eigenvalue weighted by Gasteiger charge is -2.34. The molecule has 1 nitrogen and oxygen atoms in total. The second-order valence-electron chi connectivity index (χ2n) is 16.9. The van der Waals surface area contributed by atoms with Crippen LogP contribution in [0.2, 0.25) is 0 Å². The fraction of sp³-hybridized carbons (Fsp3) is 0.0159. The molecule has 0 spiro atoms. The van der Waals surface area contributed by atoms with Gasteiger partial charge in [-0.3, -0.25) is 0 Å². The minimum Gasteiger partial charge on any atom is -0.310 e. The Kier molecular flexibility index (Phi) is 9.13. The Bertz CT molecular complexity index is 3440. The Morgan fingerprint density at radius 3 is 1.27 bits per heavy atom. The van der Waals surface area contributed by atoms with Gasteiger partial charge in [0.15, 0.2) is 0 Å². The van der Waals surface area contributed by atoms with Crippen LogP contribution in [0.1, 0.15) is 22.3 Å². The van der Waals surface area contributed by atoms with Crippen molar-refractivity contribution in [3.05, 3.63) is 283 Å². The van der Waals surface area contributed by atoms with E-state index in [-0.39, 0.29) is 0 Å². The largest absolute Gasteiger partial charge is 0.310 e. The van der Waals surface area contributed by atoms with Crippen LogP contribution in [-0.4, -0.2) is 0 Å². The molecule has 0 bridgehead atoms. The highest BCUT2D eigenvalue weighted by atomic mass is 15.1. The van der Waals surface area contributed by atoms with Crippen LogP contribution in [-0.2, 0) is 5.41 Å². The van der Waals surface area contributed by atoms with Crippen molar-refractivity contribution in [1.82, 2.24) is 0 Å². The van der Waals surface area contributed by atoms with Gasteiger partial charge in [-0.15, -0.1) is 0 Å². The maximum absolute atomic E-state index is 2.46. The normalized spacial score (nSPS) is 12.5. The van der Waals surface area contributed by atoms with Crippen molar-refractivity contribution in [1.29, 1.82) is 0 Å². The van der Waals surface area contributed by atoms with Crippen LogP contribution >= 0.6 is 0 Å². The van der Waals surface area contributed by atoms with Gasteiger partial charge in [0.1, 0.15) is 0 Å². The van der Waals surface area contributed by atoms with Crippen LogP contribution in [0.15, 0.2) is 261 Å². The summed E-state index contributed by atoms with van der Waals surface area (Å²) in [5.74, 6) is 0. The molecule has 0 unspecified atom stereocenters. The zero-order valence-electron chi connectivity index (χ0n) is 35.3. The van der Waals surface area contributed by atoms with Crippen molar-refractivity contribution in [2.45, 2.75) is 5.41 Å². The molecule has 0 fully saturated rings. The van der Waals surface area contributed by atoms with Gasteiger partial charge < -0.3 is 4.90 Å². The Balaban J connectivity index is 1.02. The molecule has 11 aromatic carbocycles. The van der Waals surface area contributed by atoms with Gasteiger partial charge in [0.25, 0.3) is 0 Å². The van der Waals surface area contributed by atoms with Gasteiger partial charge in [-0.25, -0.2) is 0 Å². The van der Waals surface area contributed by atoms with Crippen LogP contribution < -0.4 is 4.90 Å². The quantitative estimate of drug-likeness (QED) is 0.148. The van der Waals surface area contributed by atoms with Gasteiger partial charge in [0.05, 0.1) is 11.1 Å². The first-order valence-electron chi connectivity index (χ1n) is 22.2. The summed E-state index contributed by atoms with van der Waals surface area (Å²) >= 11 is 0. The van der Waals surface area contributed by atoms with E-state index in [0.717, 1.165) is 17.1 Å². The van der Waals surface area contributed by atoms with Gasteiger partial charge in [-0.2, -0.15) is 0 Å². The fourth-order valence-electron chi connectivity index (χ4n) is 10.3. The highest BCUT2D eigenvalue weighted by molar-refractivity contribution is 5.98. The van der Waals surface area contributed by atoms with Gasteiger partial charge in [0.2, 0.25) is 0 Å². The summed E-state index contributed by atoms with van der Waals surface area (Å²) in [5.41, 5.74) is 17.6. The molecule has 1 aliphatic carbocycles. The number of anilines is 3. The third kappa shape index (κ3) is 6.24. The van der Waals surface area contributed by atoms with E-state index in [4.69, 9.17) is 0 Å². The van der Waals surface area contributed by atoms with Crippen LogP contribution in [0.4, 0.5) is 17.1 Å². The molecule has 12 rings (SSSR count). The predicted molar refractivity (Wildman–Crippen MR) is 270 cm³/mol. The molecule has 0 saturated carbocycles. The monoisotopic (exact) mass is 813 g/mol. The van der Waals surface area contributed by atoms with Crippen molar-refractivity contribution in [3.8, 4) is 44.5 Å². The molecule has 0 heterocycles. The first-order valence-corrected chi connectivity index (χ1v) is 22.2. The minimum atomic E-state index is -0.504. The zero-order valence-corrected chi connectivity index (χ0v) is 35.3. The number of hydrogen-bond acceptors (Lipinski definition) is 1. The SMILES string of the molecule is c1ccc(C2(c3ccccc3)c3ccccc3-c3c(N(c4ccc(-c5cccc(-c6ccc7ccccc7c6)c5)cc4)c4ccc(-c5ccc6ccccc6c5)cc4)cccc32)cc1. The summed E-state index contributed by atoms with van der Waals surface area (Å²) in [5, 5.41) is 5.00. The topological polar surface area (TPSA) is 3.24 Å². The molecule has 0 N–H and O–H groups in total. The second-order valence-corrected chi connectivity index (χ2v) is 16.9. The highest BCUT2D eigenvalue weighted by Crippen LogP contribution is 2.59. The third-order valence-electron chi connectivity index (χ3n) is 13.3. The van der Waals surface area contributed by atoms with E-state index in [9.17, 15) is 0 Å². The van der Waals surface area contributed by atoms with Gasteiger partial charge in [-0.1, -0.05) is 212 Å². The molecule has 64 heavy (non-hydrogen) atoms. The summed E-state index contributed by atoms with van der Waals surface area (Å²) in [6.45, 7) is 0. The third-order valence-corrected chi connectivity index (χ3v) is 13.3. The van der Waals surface area contributed by atoms with E-state index in [1.165, 1.54) is 88.3 Å². The smallest absolute Gasteiger partial charge is 0.0714 e. The average Bonchev–Trinajstić information content (AvgIpc) is 3.69. The lowest BCUT2D eigenvalue weighted by molar-refractivity contribution is 0.768. The van der Waals surface area contributed by atoms with Crippen LogP contribution in [0.5, 0.6) is 0 Å². The molecule has 11 aromatic rings. The van der Waals surface area contributed by atoms with Crippen LogP contribution in [0.3, 0.4) is 0 Å². The Morgan fingerprint density at radius 1 is 0.266 bits per heavy atom. The molecule has 300 valence electrons. The highest BCUT2D eigenvalue weighted by Gasteiger charge is 2.47. The summed E-state index contributed by atoms with van der Waals surface area (Å²) in [6, 6.07) is 95.9. The molecular formula is C63H43N. The minimum absolute atomic E-state index is 0.504. The van der Waals surface area contributed by atoms with Gasteiger partial charge >= 0.3 is 0 Å². The Labute approximate surface area is 374 Å². The van der Waals surface area contributed by atoms with Crippen molar-refractivity contribution in [3.63, 3.8) is 0 Å². The molecule has 0 aliphatic heterocycles. The van der Waals surface area contributed by atoms with E-state index in [2.05, 4.69) is 266 Å². The van der Waals surface area contributed by atoms with Gasteiger partial charge in [0, 0.05) is 16.9 Å². The summed E-state index contributed by atoms with van der Waals surface area (Å²) in [7, 11) is 0. The number of rotatable bonds is 8. The standard InChI is InChI=1S/C63H43N/c1-3-21-54(22-4-1)63(55-23-5-2-6-24-55)59-26-12-11-25-58(59)62-60(63)27-14-28-61(62)64(57-39-35-47(36-40-57)52-31-29-44-15-7-9-17-48(44)42-52)56-37-33-46(34-38-56)50-19-13-20-51(41-50)53-32-30-45-16-8-10-18-49(45)43-53/h1-43H. The van der Waals surface area contributed by atoms with E-state index in [1.807, 2.05) is 0 Å². The zero-order chi connectivity index (χ0) is 42.5. The van der Waals surface area contributed by atoms with Crippen LogP contribution in [0.25, 0.3) is 66.1 Å². The van der Waals surface area contributed by atoms with Gasteiger partial charge in [-0.05, 0) is 131 Å². The maximum atomic E-state index is 2.46. The van der Waals surface area contributed by atoms with Crippen molar-refractivity contribution >= 4 is 38.6 Å². The van der Waals surface area contributed by atoms with E-state index in [0.29, 0.717) is 0 Å². The molecule has 1 aliphatic rings. The second kappa shape index (κ2) is 15.6. The Morgan fingerprint density at radius 2 is 0.688 bits per heavy atom. The molecule has 0 amide bonds. The number of nitrogens with zero attached hydrogens (tertiary/aromatic N) is 1. The van der Waals surface area contributed by atoms with E-state index >= 15 is 0 Å².